The Morgan fingerprint density at radius 3 is 2.74 bits per heavy atom. The van der Waals surface area contributed by atoms with E-state index in [9.17, 15) is 9.18 Å². The zero-order valence-corrected chi connectivity index (χ0v) is 16.0. The standard InChI is InChI=1S/C20H19ClFN3O2/c1-24(2)15-6-7-16-18(8-9-20(26)27-3)23-25(19(16)11-15)12-13-4-5-14(21)10-17(13)22/h4-11H,12H2,1-3H3/b9-8+. The lowest BCUT2D eigenvalue weighted by atomic mass is 10.1. The van der Waals surface area contributed by atoms with Crippen LogP contribution in [0.15, 0.2) is 42.5 Å². The highest BCUT2D eigenvalue weighted by atomic mass is 35.5. The van der Waals surface area contributed by atoms with Crippen LogP contribution in [0.25, 0.3) is 17.0 Å². The number of fused-ring (bicyclic) bond motifs is 1. The number of esters is 1. The molecule has 0 aliphatic rings. The first-order chi connectivity index (χ1) is 12.9. The number of ether oxygens (including phenoxy) is 1. The summed E-state index contributed by atoms with van der Waals surface area (Å²) in [5.74, 6) is -0.854. The fraction of sp³-hybridized carbons (Fsp3) is 0.200. The minimum atomic E-state index is -0.466. The molecule has 0 N–H and O–H groups in total. The van der Waals surface area contributed by atoms with E-state index in [4.69, 9.17) is 11.6 Å². The van der Waals surface area contributed by atoms with Crippen molar-refractivity contribution in [2.75, 3.05) is 26.1 Å². The zero-order chi connectivity index (χ0) is 19.6. The van der Waals surface area contributed by atoms with Crippen LogP contribution in [0.1, 0.15) is 11.3 Å². The van der Waals surface area contributed by atoms with E-state index >= 15 is 0 Å². The van der Waals surface area contributed by atoms with E-state index in [-0.39, 0.29) is 12.4 Å². The molecular weight excluding hydrogens is 369 g/mol. The van der Waals surface area contributed by atoms with Crippen molar-refractivity contribution in [3.05, 3.63) is 64.6 Å². The average molecular weight is 388 g/mol. The van der Waals surface area contributed by atoms with Crippen LogP contribution in [0.2, 0.25) is 5.02 Å². The maximum Gasteiger partial charge on any atom is 0.330 e. The molecule has 1 heterocycles. The van der Waals surface area contributed by atoms with Crippen molar-refractivity contribution in [1.82, 2.24) is 9.78 Å². The maximum atomic E-state index is 14.2. The van der Waals surface area contributed by atoms with Crippen molar-refractivity contribution in [1.29, 1.82) is 0 Å². The van der Waals surface area contributed by atoms with Crippen molar-refractivity contribution in [3.63, 3.8) is 0 Å². The van der Waals surface area contributed by atoms with E-state index in [0.29, 0.717) is 16.3 Å². The molecule has 0 unspecified atom stereocenters. The molecule has 0 amide bonds. The Morgan fingerprint density at radius 1 is 1.30 bits per heavy atom. The summed E-state index contributed by atoms with van der Waals surface area (Å²) < 4.78 is 20.6. The number of aromatic nitrogens is 2. The van der Waals surface area contributed by atoms with E-state index in [0.717, 1.165) is 16.6 Å². The van der Waals surface area contributed by atoms with Crippen molar-refractivity contribution in [2.45, 2.75) is 6.54 Å². The fourth-order valence-electron chi connectivity index (χ4n) is 2.74. The highest BCUT2D eigenvalue weighted by molar-refractivity contribution is 6.30. The third kappa shape index (κ3) is 4.11. The third-order valence-electron chi connectivity index (χ3n) is 4.19. The largest absolute Gasteiger partial charge is 0.466 e. The molecule has 2 aromatic carbocycles. The van der Waals surface area contributed by atoms with Gasteiger partial charge in [0.25, 0.3) is 0 Å². The first-order valence-electron chi connectivity index (χ1n) is 8.27. The second kappa shape index (κ2) is 7.80. The van der Waals surface area contributed by atoms with Crippen LogP contribution in [0.5, 0.6) is 0 Å². The number of methoxy groups -OCH3 is 1. The molecule has 0 saturated carbocycles. The van der Waals surface area contributed by atoms with Gasteiger partial charge in [0.05, 0.1) is 24.9 Å². The molecule has 0 spiro atoms. The van der Waals surface area contributed by atoms with Crippen LogP contribution < -0.4 is 4.90 Å². The van der Waals surface area contributed by atoms with Gasteiger partial charge in [-0.2, -0.15) is 5.10 Å². The first kappa shape index (κ1) is 18.9. The summed E-state index contributed by atoms with van der Waals surface area (Å²) in [6.07, 6.45) is 2.91. The van der Waals surface area contributed by atoms with Gasteiger partial charge >= 0.3 is 5.97 Å². The molecule has 0 saturated heterocycles. The van der Waals surface area contributed by atoms with E-state index in [2.05, 4.69) is 9.84 Å². The molecule has 27 heavy (non-hydrogen) atoms. The van der Waals surface area contributed by atoms with Gasteiger partial charge in [0.2, 0.25) is 0 Å². The van der Waals surface area contributed by atoms with E-state index < -0.39 is 5.97 Å². The lowest BCUT2D eigenvalue weighted by molar-refractivity contribution is -0.134. The highest BCUT2D eigenvalue weighted by Crippen LogP contribution is 2.26. The molecule has 1 aromatic heterocycles. The summed E-state index contributed by atoms with van der Waals surface area (Å²) in [5, 5.41) is 5.76. The Labute approximate surface area is 161 Å². The Balaban J connectivity index is 2.10. The SMILES string of the molecule is COC(=O)/C=C/c1nn(Cc2ccc(Cl)cc2F)c2cc(N(C)C)ccc12. The predicted octanol–water partition coefficient (Wildman–Crippen LogP) is 4.13. The number of carbonyl (C=O) groups is 1. The van der Waals surface area contributed by atoms with Crippen molar-refractivity contribution in [3.8, 4) is 0 Å². The first-order valence-corrected chi connectivity index (χ1v) is 8.64. The van der Waals surface area contributed by atoms with Gasteiger partial charge in [-0.1, -0.05) is 17.7 Å². The molecule has 0 aliphatic heterocycles. The number of carbonyl (C=O) groups excluding carboxylic acids is 1. The normalized spacial score (nSPS) is 11.3. The van der Waals surface area contributed by atoms with E-state index in [1.54, 1.807) is 22.9 Å². The van der Waals surface area contributed by atoms with Crippen molar-refractivity contribution in [2.24, 2.45) is 0 Å². The van der Waals surface area contributed by atoms with E-state index in [1.807, 2.05) is 37.2 Å². The van der Waals surface area contributed by atoms with Gasteiger partial charge in [-0.3, -0.25) is 4.68 Å². The van der Waals surface area contributed by atoms with Gasteiger partial charge in [0.15, 0.2) is 0 Å². The Bertz CT molecular complexity index is 1030. The molecule has 0 atom stereocenters. The summed E-state index contributed by atoms with van der Waals surface area (Å²) >= 11 is 5.84. The minimum Gasteiger partial charge on any atom is -0.466 e. The van der Waals surface area contributed by atoms with Crippen LogP contribution in [-0.2, 0) is 16.1 Å². The molecule has 7 heteroatoms. The van der Waals surface area contributed by atoms with Gasteiger partial charge in [0.1, 0.15) is 5.82 Å². The van der Waals surface area contributed by atoms with Gasteiger partial charge in [-0.15, -0.1) is 0 Å². The molecule has 3 rings (SSSR count). The quantitative estimate of drug-likeness (QED) is 0.488. The Morgan fingerprint density at radius 2 is 2.07 bits per heavy atom. The van der Waals surface area contributed by atoms with Gasteiger partial charge in [0, 0.05) is 41.8 Å². The van der Waals surface area contributed by atoms with Crippen LogP contribution in [0.4, 0.5) is 10.1 Å². The minimum absolute atomic E-state index is 0.239. The molecular formula is C20H19ClFN3O2. The number of halogens is 2. The number of benzene rings is 2. The molecule has 5 nitrogen and oxygen atoms in total. The number of hydrogen-bond acceptors (Lipinski definition) is 4. The summed E-state index contributed by atoms with van der Waals surface area (Å²) in [6, 6.07) is 10.5. The Hall–Kier alpha value is -2.86. The second-order valence-corrected chi connectivity index (χ2v) is 6.67. The summed E-state index contributed by atoms with van der Waals surface area (Å²) in [6.45, 7) is 0.239. The number of hydrogen-bond donors (Lipinski definition) is 0. The number of nitrogens with zero attached hydrogens (tertiary/aromatic N) is 3. The molecule has 0 fully saturated rings. The van der Waals surface area contributed by atoms with Gasteiger partial charge in [-0.05, 0) is 36.4 Å². The lowest BCUT2D eigenvalue weighted by Gasteiger charge is -2.13. The monoisotopic (exact) mass is 387 g/mol. The summed E-state index contributed by atoms with van der Waals surface area (Å²) in [7, 11) is 5.20. The highest BCUT2D eigenvalue weighted by Gasteiger charge is 2.13. The lowest BCUT2D eigenvalue weighted by Crippen LogP contribution is -2.09. The molecule has 0 bridgehead atoms. The van der Waals surface area contributed by atoms with E-state index in [1.165, 1.54) is 19.3 Å². The summed E-state index contributed by atoms with van der Waals surface area (Å²) in [4.78, 5) is 13.4. The third-order valence-corrected chi connectivity index (χ3v) is 4.43. The smallest absolute Gasteiger partial charge is 0.330 e. The zero-order valence-electron chi connectivity index (χ0n) is 15.2. The van der Waals surface area contributed by atoms with Gasteiger partial charge in [-0.25, -0.2) is 9.18 Å². The van der Waals surface area contributed by atoms with Crippen LogP contribution in [0.3, 0.4) is 0 Å². The molecule has 3 aromatic rings. The van der Waals surface area contributed by atoms with Crippen LogP contribution in [-0.4, -0.2) is 37.0 Å². The predicted molar refractivity (Wildman–Crippen MR) is 106 cm³/mol. The molecule has 140 valence electrons. The van der Waals surface area contributed by atoms with Crippen molar-refractivity contribution < 1.29 is 13.9 Å². The molecule has 0 aliphatic carbocycles. The molecule has 0 radical (unpaired) electrons. The Kier molecular flexibility index (Phi) is 5.46. The summed E-state index contributed by atoms with van der Waals surface area (Å²) in [5.41, 5.74) is 2.90. The number of anilines is 1. The topological polar surface area (TPSA) is 47.4 Å². The average Bonchev–Trinajstić information content (AvgIpc) is 2.99. The van der Waals surface area contributed by atoms with Crippen LogP contribution in [0, 0.1) is 5.82 Å². The maximum absolute atomic E-state index is 14.2. The number of rotatable bonds is 5. The van der Waals surface area contributed by atoms with Crippen LogP contribution >= 0.6 is 11.6 Å². The van der Waals surface area contributed by atoms with Gasteiger partial charge < -0.3 is 9.64 Å². The van der Waals surface area contributed by atoms with Crippen molar-refractivity contribution >= 4 is 40.2 Å². The fourth-order valence-corrected chi connectivity index (χ4v) is 2.89. The second-order valence-electron chi connectivity index (χ2n) is 6.23.